The lowest BCUT2D eigenvalue weighted by atomic mass is 9.82. The normalized spacial score (nSPS) is 16.3. The summed E-state index contributed by atoms with van der Waals surface area (Å²) in [5.41, 5.74) is 4.09. The highest BCUT2D eigenvalue weighted by Gasteiger charge is 2.42. The Kier molecular flexibility index (Phi) is 4.61. The van der Waals surface area contributed by atoms with Crippen LogP contribution in [-0.2, 0) is 5.54 Å². The van der Waals surface area contributed by atoms with E-state index in [0.717, 1.165) is 30.0 Å². The van der Waals surface area contributed by atoms with Gasteiger partial charge in [-0.1, -0.05) is 6.07 Å². The summed E-state index contributed by atoms with van der Waals surface area (Å²) in [4.78, 5) is 14.6. The van der Waals surface area contributed by atoms with Crippen LogP contribution in [0.25, 0.3) is 5.69 Å². The molecule has 0 bridgehead atoms. The number of hydrogen-bond donors (Lipinski definition) is 2. The van der Waals surface area contributed by atoms with Gasteiger partial charge >= 0.3 is 6.03 Å². The summed E-state index contributed by atoms with van der Waals surface area (Å²) in [6, 6.07) is 14.8. The third-order valence-electron chi connectivity index (χ3n) is 6.40. The fourth-order valence-electron chi connectivity index (χ4n) is 4.60. The molecule has 3 aromatic rings. The zero-order valence-electron chi connectivity index (χ0n) is 17.6. The number of nitrogens with one attached hydrogen (secondary N) is 2. The van der Waals surface area contributed by atoms with Crippen molar-refractivity contribution < 1.29 is 13.9 Å². The molecule has 160 valence electrons. The Morgan fingerprint density at radius 1 is 1.16 bits per heavy atom. The molecule has 2 aromatic carbocycles. The van der Waals surface area contributed by atoms with Gasteiger partial charge in [0, 0.05) is 36.7 Å². The highest BCUT2D eigenvalue weighted by molar-refractivity contribution is 5.89. The monoisotopic (exact) mass is 420 g/mol. The van der Waals surface area contributed by atoms with Crippen LogP contribution in [0.1, 0.15) is 24.1 Å². The van der Waals surface area contributed by atoms with Gasteiger partial charge in [-0.3, -0.25) is 0 Å². The largest absolute Gasteiger partial charge is 0.497 e. The van der Waals surface area contributed by atoms with Gasteiger partial charge in [-0.15, -0.1) is 0 Å². The molecular formula is C24H25FN4O2. The zero-order valence-corrected chi connectivity index (χ0v) is 17.6. The molecule has 5 rings (SSSR count). The number of nitrogens with zero attached hydrogens (tertiary/aromatic N) is 2. The van der Waals surface area contributed by atoms with Crippen LogP contribution in [0, 0.1) is 12.7 Å². The first-order chi connectivity index (χ1) is 15.0. The van der Waals surface area contributed by atoms with Gasteiger partial charge in [0.05, 0.1) is 24.0 Å². The maximum Gasteiger partial charge on any atom is 0.321 e. The Hall–Kier alpha value is -3.48. The number of piperidine rings is 1. The van der Waals surface area contributed by atoms with E-state index in [4.69, 9.17) is 4.74 Å². The summed E-state index contributed by atoms with van der Waals surface area (Å²) >= 11 is 0. The van der Waals surface area contributed by atoms with Crippen LogP contribution in [0.4, 0.5) is 20.6 Å². The number of carbonyl (C=O) groups excluding carboxylic acids is 1. The summed E-state index contributed by atoms with van der Waals surface area (Å²) in [6.07, 6.45) is 3.61. The van der Waals surface area contributed by atoms with E-state index in [1.54, 1.807) is 31.1 Å². The molecule has 2 aliphatic heterocycles. The van der Waals surface area contributed by atoms with Gasteiger partial charge in [0.2, 0.25) is 0 Å². The number of benzene rings is 2. The molecule has 0 saturated carbocycles. The second-order valence-electron chi connectivity index (χ2n) is 8.23. The van der Waals surface area contributed by atoms with Crippen molar-refractivity contribution >= 4 is 17.4 Å². The third-order valence-corrected chi connectivity index (χ3v) is 6.40. The molecule has 2 aliphatic rings. The van der Waals surface area contributed by atoms with E-state index >= 15 is 0 Å². The zero-order chi connectivity index (χ0) is 21.6. The van der Waals surface area contributed by atoms with Gasteiger partial charge in [0.25, 0.3) is 0 Å². The van der Waals surface area contributed by atoms with E-state index in [1.165, 1.54) is 11.8 Å². The second-order valence-corrected chi connectivity index (χ2v) is 8.23. The van der Waals surface area contributed by atoms with E-state index in [0.29, 0.717) is 24.3 Å². The van der Waals surface area contributed by atoms with Gasteiger partial charge in [0.15, 0.2) is 0 Å². The van der Waals surface area contributed by atoms with Crippen molar-refractivity contribution in [3.8, 4) is 11.4 Å². The minimum absolute atomic E-state index is 0.202. The first-order valence-electron chi connectivity index (χ1n) is 10.5. The molecule has 7 heteroatoms. The quantitative estimate of drug-likeness (QED) is 0.621. The van der Waals surface area contributed by atoms with Crippen molar-refractivity contribution in [1.29, 1.82) is 0 Å². The van der Waals surface area contributed by atoms with Crippen LogP contribution in [-0.4, -0.2) is 35.7 Å². The SMILES string of the molecule is COc1ccc2c(c1)NC1(CCN(C(=O)Nc3ccc(C)c(F)c3)CC1)c1cccn1-2. The highest BCUT2D eigenvalue weighted by Crippen LogP contribution is 2.44. The molecule has 0 radical (unpaired) electrons. The number of hydrogen-bond acceptors (Lipinski definition) is 3. The molecule has 6 nitrogen and oxygen atoms in total. The molecule has 2 N–H and O–H groups in total. The summed E-state index contributed by atoms with van der Waals surface area (Å²) in [6.45, 7) is 2.89. The summed E-state index contributed by atoms with van der Waals surface area (Å²) in [5, 5.41) is 6.56. The molecule has 1 saturated heterocycles. The number of anilines is 2. The number of ether oxygens (including phenoxy) is 1. The number of likely N-dealkylation sites (tertiary alicyclic amines) is 1. The Morgan fingerprint density at radius 3 is 2.71 bits per heavy atom. The van der Waals surface area contributed by atoms with Crippen molar-refractivity contribution in [3.05, 3.63) is 71.8 Å². The summed E-state index contributed by atoms with van der Waals surface area (Å²) in [5.74, 6) is 0.482. The van der Waals surface area contributed by atoms with Crippen LogP contribution < -0.4 is 15.4 Å². The molecule has 1 fully saturated rings. The lowest BCUT2D eigenvalue weighted by Gasteiger charge is -2.46. The molecule has 31 heavy (non-hydrogen) atoms. The smallest absolute Gasteiger partial charge is 0.321 e. The Morgan fingerprint density at radius 2 is 1.97 bits per heavy atom. The third kappa shape index (κ3) is 3.30. The number of rotatable bonds is 2. The number of halogens is 1. The van der Waals surface area contributed by atoms with Gasteiger partial charge in [0.1, 0.15) is 11.6 Å². The number of aromatic nitrogens is 1. The summed E-state index contributed by atoms with van der Waals surface area (Å²) < 4.78 is 21.4. The first kappa shape index (κ1) is 19.5. The van der Waals surface area contributed by atoms with E-state index in [2.05, 4.69) is 39.6 Å². The van der Waals surface area contributed by atoms with Gasteiger partial charge in [-0.2, -0.15) is 0 Å². The average molecular weight is 420 g/mol. The number of fused-ring (bicyclic) bond motifs is 4. The number of amides is 2. The van der Waals surface area contributed by atoms with Gasteiger partial charge in [-0.25, -0.2) is 9.18 Å². The highest BCUT2D eigenvalue weighted by atomic mass is 19.1. The van der Waals surface area contributed by atoms with Crippen LogP contribution in [0.5, 0.6) is 5.75 Å². The van der Waals surface area contributed by atoms with E-state index < -0.39 is 0 Å². The van der Waals surface area contributed by atoms with Gasteiger partial charge in [-0.05, 0) is 61.7 Å². The lowest BCUT2D eigenvalue weighted by Crippen LogP contribution is -2.51. The molecule has 0 aliphatic carbocycles. The van der Waals surface area contributed by atoms with Crippen molar-refractivity contribution in [2.75, 3.05) is 30.8 Å². The summed E-state index contributed by atoms with van der Waals surface area (Å²) in [7, 11) is 1.67. The predicted octanol–water partition coefficient (Wildman–Crippen LogP) is 4.88. The molecule has 0 unspecified atom stereocenters. The van der Waals surface area contributed by atoms with Crippen LogP contribution in [0.3, 0.4) is 0 Å². The first-order valence-corrected chi connectivity index (χ1v) is 10.5. The van der Waals surface area contributed by atoms with Crippen molar-refractivity contribution in [3.63, 3.8) is 0 Å². The number of carbonyl (C=O) groups is 1. The lowest BCUT2D eigenvalue weighted by molar-refractivity contribution is 0.174. The number of methoxy groups -OCH3 is 1. The van der Waals surface area contributed by atoms with Crippen LogP contribution in [0.2, 0.25) is 0 Å². The minimum atomic E-state index is -0.323. The minimum Gasteiger partial charge on any atom is -0.497 e. The topological polar surface area (TPSA) is 58.5 Å². The van der Waals surface area contributed by atoms with E-state index in [9.17, 15) is 9.18 Å². The second kappa shape index (κ2) is 7.34. The molecule has 0 atom stereocenters. The van der Waals surface area contributed by atoms with Crippen LogP contribution >= 0.6 is 0 Å². The van der Waals surface area contributed by atoms with Gasteiger partial charge < -0.3 is 24.8 Å². The van der Waals surface area contributed by atoms with Crippen molar-refractivity contribution in [2.24, 2.45) is 0 Å². The fraction of sp³-hybridized carbons (Fsp3) is 0.292. The molecular weight excluding hydrogens is 395 g/mol. The predicted molar refractivity (Wildman–Crippen MR) is 119 cm³/mol. The van der Waals surface area contributed by atoms with Crippen LogP contribution in [0.15, 0.2) is 54.7 Å². The Labute approximate surface area is 180 Å². The van der Waals surface area contributed by atoms with Crippen molar-refractivity contribution in [2.45, 2.75) is 25.3 Å². The van der Waals surface area contributed by atoms with Crippen molar-refractivity contribution in [1.82, 2.24) is 9.47 Å². The maximum atomic E-state index is 13.8. The molecule has 1 spiro atoms. The average Bonchev–Trinajstić information content (AvgIpc) is 3.28. The fourth-order valence-corrected chi connectivity index (χ4v) is 4.60. The number of urea groups is 1. The molecule has 3 heterocycles. The van der Waals surface area contributed by atoms with E-state index in [-0.39, 0.29) is 17.4 Å². The molecule has 2 amide bonds. The Bertz CT molecular complexity index is 1150. The maximum absolute atomic E-state index is 13.8. The van der Waals surface area contributed by atoms with E-state index in [1.807, 2.05) is 12.1 Å². The molecule has 1 aromatic heterocycles. The Balaban J connectivity index is 1.34. The number of aryl methyl sites for hydroxylation is 1. The standard InChI is InChI=1S/C24H25FN4O2/c1-16-5-6-17(14-19(16)25)26-23(30)28-12-9-24(10-13-28)22-4-3-11-29(22)21-8-7-18(31-2)15-20(21)27-24/h3-8,11,14-15,27H,9-10,12-13H2,1-2H3,(H,26,30).